The number of nitrogens with one attached hydrogen (secondary N) is 1. The van der Waals surface area contributed by atoms with E-state index in [2.05, 4.69) is 104 Å². The van der Waals surface area contributed by atoms with Gasteiger partial charge in [0, 0.05) is 6.42 Å². The largest absolute Gasteiger partial charge is 0.394 e. The molecule has 466 valence electrons. The molecule has 2 fully saturated rings. The molecule has 81 heavy (non-hydrogen) atoms. The Hall–Kier alpha value is -3.09. The zero-order valence-electron chi connectivity index (χ0n) is 50.2. The highest BCUT2D eigenvalue weighted by atomic mass is 16.7. The van der Waals surface area contributed by atoms with E-state index >= 15 is 0 Å². The second-order valence-corrected chi connectivity index (χ2v) is 22.1. The van der Waals surface area contributed by atoms with Crippen molar-refractivity contribution in [2.75, 3.05) is 19.8 Å². The summed E-state index contributed by atoms with van der Waals surface area (Å²) < 4.78 is 22.8. The normalized spacial score (nSPS) is 24.8. The zero-order chi connectivity index (χ0) is 58.8. The highest BCUT2D eigenvalue weighted by Crippen LogP contribution is 2.30. The van der Waals surface area contributed by atoms with E-state index in [0.29, 0.717) is 12.8 Å². The molecule has 2 aliphatic rings. The smallest absolute Gasteiger partial charge is 0.220 e. The maximum absolute atomic E-state index is 13.3. The third-order valence-corrected chi connectivity index (χ3v) is 15.0. The third kappa shape index (κ3) is 36.4. The molecule has 0 saturated carbocycles. The Kier molecular flexibility index (Phi) is 46.9. The Labute approximate surface area is 490 Å². The summed E-state index contributed by atoms with van der Waals surface area (Å²) in [6, 6.07) is -0.944. The van der Waals surface area contributed by atoms with Crippen LogP contribution in [-0.2, 0) is 23.7 Å². The fraction of sp³-hybridized carbons (Fsp3) is 0.746. The van der Waals surface area contributed by atoms with Crippen LogP contribution in [0.2, 0.25) is 0 Å². The first-order chi connectivity index (χ1) is 39.6. The number of hydrogen-bond donors (Lipinski definition) is 9. The molecule has 2 rings (SSSR count). The van der Waals surface area contributed by atoms with Crippen LogP contribution in [0.3, 0.4) is 0 Å². The molecule has 0 bridgehead atoms. The van der Waals surface area contributed by atoms with Crippen LogP contribution in [0.25, 0.3) is 0 Å². The lowest BCUT2D eigenvalue weighted by atomic mass is 9.97. The van der Waals surface area contributed by atoms with E-state index in [1.54, 1.807) is 6.08 Å². The number of unbranched alkanes of at least 4 members (excludes halogenated alkanes) is 23. The van der Waals surface area contributed by atoms with E-state index in [4.69, 9.17) is 18.9 Å². The number of carbonyl (C=O) groups is 1. The van der Waals surface area contributed by atoms with Gasteiger partial charge in [0.05, 0.1) is 32.0 Å². The average Bonchev–Trinajstić information content (AvgIpc) is 3.47. The van der Waals surface area contributed by atoms with Gasteiger partial charge in [-0.3, -0.25) is 4.79 Å². The molecule has 14 nitrogen and oxygen atoms in total. The van der Waals surface area contributed by atoms with Gasteiger partial charge in [-0.05, 0) is 89.9 Å². The first-order valence-corrected chi connectivity index (χ1v) is 32.0. The SMILES string of the molecule is CC/C=C\C/C=C\C/C=C\C/C=C\C/C=C\CCCCCCCCCCCCCCCC(=O)NC(COC1OC(CO)C(OC2OC(CO)C(O)C(O)C2O)C(O)C1O)C(O)/C=C/CC/C=C/CC/C=C/CCCCCCCCCC. The predicted octanol–water partition coefficient (Wildman–Crippen LogP) is 11.8. The van der Waals surface area contributed by atoms with Crippen LogP contribution in [0.5, 0.6) is 0 Å². The Morgan fingerprint density at radius 1 is 0.457 bits per heavy atom. The standard InChI is InChI=1S/C67H115NO13/c1-3-5-7-9-11-13-15-17-19-21-23-24-25-26-27-28-29-30-31-32-33-35-37-39-41-43-45-47-49-51-59(72)68-55(56(71)50-48-46-44-42-40-38-36-34-22-20-18-16-14-12-10-8-6-4-2)54-78-66-64(77)62(75)65(58(53-70)80-66)81-67-63(76)61(74)60(73)57(52-69)79-67/h5,7,11,13,17,19,22-24,26-27,34,40,42,48,50,55-58,60-67,69-71,73-77H,3-4,6,8-10,12,14-16,18,20-21,25,28-33,35-39,41,43-47,49,51-54H2,1-2H3,(H,68,72)/b7-5-,13-11-,19-17-,24-23-,27-26-,34-22+,42-40+,50-48+. The van der Waals surface area contributed by atoms with Crippen molar-refractivity contribution in [2.24, 2.45) is 0 Å². The van der Waals surface area contributed by atoms with Gasteiger partial charge in [-0.2, -0.15) is 0 Å². The minimum atomic E-state index is -1.80. The monoisotopic (exact) mass is 1140 g/mol. The van der Waals surface area contributed by atoms with Crippen LogP contribution in [0, 0.1) is 0 Å². The van der Waals surface area contributed by atoms with Gasteiger partial charge in [0.1, 0.15) is 48.8 Å². The molecule has 2 saturated heterocycles. The quantitative estimate of drug-likeness (QED) is 0.0204. The second-order valence-electron chi connectivity index (χ2n) is 22.1. The van der Waals surface area contributed by atoms with Crippen molar-refractivity contribution >= 4 is 5.91 Å². The summed E-state index contributed by atoms with van der Waals surface area (Å²) in [5, 5.41) is 87.2. The van der Waals surface area contributed by atoms with Crippen LogP contribution in [0.1, 0.15) is 226 Å². The Morgan fingerprint density at radius 2 is 0.864 bits per heavy atom. The molecule has 0 aromatic rings. The zero-order valence-corrected chi connectivity index (χ0v) is 50.2. The number of ether oxygens (including phenoxy) is 4. The van der Waals surface area contributed by atoms with Gasteiger partial charge in [-0.25, -0.2) is 0 Å². The minimum absolute atomic E-state index is 0.258. The van der Waals surface area contributed by atoms with Gasteiger partial charge in [-0.15, -0.1) is 0 Å². The molecule has 0 aliphatic carbocycles. The first-order valence-electron chi connectivity index (χ1n) is 32.0. The van der Waals surface area contributed by atoms with Crippen LogP contribution >= 0.6 is 0 Å². The van der Waals surface area contributed by atoms with Crippen molar-refractivity contribution in [3.8, 4) is 0 Å². The Bertz CT molecular complexity index is 1730. The number of amides is 1. The molecule has 14 heteroatoms. The lowest BCUT2D eigenvalue weighted by Gasteiger charge is -2.46. The van der Waals surface area contributed by atoms with Gasteiger partial charge in [-0.1, -0.05) is 227 Å². The lowest BCUT2D eigenvalue weighted by Crippen LogP contribution is -2.65. The third-order valence-electron chi connectivity index (χ3n) is 15.0. The molecule has 12 unspecified atom stereocenters. The van der Waals surface area contributed by atoms with E-state index < -0.39 is 86.8 Å². The maximum atomic E-state index is 13.3. The summed E-state index contributed by atoms with van der Waals surface area (Å²) in [7, 11) is 0. The number of hydrogen-bond acceptors (Lipinski definition) is 13. The van der Waals surface area contributed by atoms with Crippen molar-refractivity contribution < 1.29 is 64.6 Å². The number of aliphatic hydroxyl groups excluding tert-OH is 8. The van der Waals surface area contributed by atoms with Gasteiger partial charge in [0.15, 0.2) is 12.6 Å². The number of aliphatic hydroxyl groups is 8. The van der Waals surface area contributed by atoms with Crippen LogP contribution in [0.4, 0.5) is 0 Å². The summed E-state index contributed by atoms with van der Waals surface area (Å²) in [4.78, 5) is 13.3. The molecular formula is C67H115NO13. The fourth-order valence-corrected chi connectivity index (χ4v) is 9.88. The molecule has 2 aliphatic heterocycles. The Morgan fingerprint density at radius 3 is 1.36 bits per heavy atom. The summed E-state index contributed by atoms with van der Waals surface area (Å²) in [6.45, 7) is 2.65. The molecule has 0 radical (unpaired) electrons. The molecular weight excluding hydrogens is 1030 g/mol. The van der Waals surface area contributed by atoms with E-state index in [-0.39, 0.29) is 18.9 Å². The van der Waals surface area contributed by atoms with Crippen molar-refractivity contribution in [2.45, 2.75) is 299 Å². The van der Waals surface area contributed by atoms with Gasteiger partial charge in [0.25, 0.3) is 0 Å². The van der Waals surface area contributed by atoms with Crippen molar-refractivity contribution in [1.82, 2.24) is 5.32 Å². The maximum Gasteiger partial charge on any atom is 0.220 e. The van der Waals surface area contributed by atoms with Crippen molar-refractivity contribution in [1.29, 1.82) is 0 Å². The topological polar surface area (TPSA) is 228 Å². The van der Waals surface area contributed by atoms with Gasteiger partial charge >= 0.3 is 0 Å². The number of allylic oxidation sites excluding steroid dienone is 15. The van der Waals surface area contributed by atoms with Crippen LogP contribution in [-0.4, -0.2) is 140 Å². The molecule has 1 amide bonds. The molecule has 0 spiro atoms. The molecule has 2 heterocycles. The molecule has 9 N–H and O–H groups in total. The van der Waals surface area contributed by atoms with Gasteiger partial charge in [0.2, 0.25) is 5.91 Å². The summed E-state index contributed by atoms with van der Waals surface area (Å²) >= 11 is 0. The highest BCUT2D eigenvalue weighted by molar-refractivity contribution is 5.76. The molecule has 0 aromatic carbocycles. The minimum Gasteiger partial charge on any atom is -0.394 e. The van der Waals surface area contributed by atoms with Crippen molar-refractivity contribution in [3.05, 3.63) is 97.2 Å². The lowest BCUT2D eigenvalue weighted by molar-refractivity contribution is -0.359. The average molecular weight is 1140 g/mol. The second kappa shape index (κ2) is 51.3. The van der Waals surface area contributed by atoms with E-state index in [1.807, 2.05) is 6.08 Å². The number of carbonyl (C=O) groups excluding carboxylic acids is 1. The first kappa shape index (κ1) is 74.0. The Balaban J connectivity index is 1.72. The van der Waals surface area contributed by atoms with Crippen LogP contribution in [0.15, 0.2) is 97.2 Å². The summed E-state index contributed by atoms with van der Waals surface area (Å²) in [6.07, 6.45) is 54.5. The van der Waals surface area contributed by atoms with E-state index in [0.717, 1.165) is 83.5 Å². The van der Waals surface area contributed by atoms with Crippen molar-refractivity contribution in [3.63, 3.8) is 0 Å². The summed E-state index contributed by atoms with van der Waals surface area (Å²) in [5.74, 6) is -0.258. The molecule has 12 atom stereocenters. The summed E-state index contributed by atoms with van der Waals surface area (Å²) in [5.41, 5.74) is 0. The van der Waals surface area contributed by atoms with Crippen LogP contribution < -0.4 is 5.32 Å². The molecule has 0 aromatic heterocycles. The predicted molar refractivity (Wildman–Crippen MR) is 327 cm³/mol. The highest BCUT2D eigenvalue weighted by Gasteiger charge is 2.51. The van der Waals surface area contributed by atoms with Gasteiger partial charge < -0.3 is 65.1 Å². The van der Waals surface area contributed by atoms with E-state index in [1.165, 1.54) is 109 Å². The fourth-order valence-electron chi connectivity index (χ4n) is 9.88. The van der Waals surface area contributed by atoms with E-state index in [9.17, 15) is 45.6 Å². The number of rotatable bonds is 50.